The number of aliphatic hydroxyl groups excluding tert-OH is 2. The molecule has 0 bridgehead atoms. The van der Waals surface area contributed by atoms with Crippen molar-refractivity contribution in [1.82, 2.24) is 78.7 Å². The zero-order chi connectivity index (χ0) is 86.7. The molecule has 14 heterocycles. The number of hydrogen-bond acceptors (Lipinski definition) is 27. The highest BCUT2D eigenvalue weighted by Gasteiger charge is 2.25. The first-order valence-corrected chi connectivity index (χ1v) is 42.0. The highest BCUT2D eigenvalue weighted by atomic mass is 16.5. The van der Waals surface area contributed by atoms with Gasteiger partial charge in [0.25, 0.3) is 0 Å². The van der Waals surface area contributed by atoms with Crippen LogP contribution < -0.4 is 58.1 Å². The Morgan fingerprint density at radius 1 is 0.452 bits per heavy atom. The Morgan fingerprint density at radius 2 is 0.855 bits per heavy atom. The average molecular weight is 1680 g/mol. The maximum atomic E-state index is 12.9. The van der Waals surface area contributed by atoms with Crippen LogP contribution in [0.5, 0.6) is 11.5 Å². The lowest BCUT2D eigenvalue weighted by Gasteiger charge is -2.35. The molecule has 2 fully saturated rings. The first-order valence-electron chi connectivity index (χ1n) is 42.0. The van der Waals surface area contributed by atoms with Gasteiger partial charge in [-0.2, -0.15) is 0 Å². The number of methoxy groups -OCH3 is 1. The molecule has 1 unspecified atom stereocenters. The highest BCUT2D eigenvalue weighted by molar-refractivity contribution is 5.86. The molecule has 0 saturated carbocycles. The third-order valence-electron chi connectivity index (χ3n) is 21.8. The van der Waals surface area contributed by atoms with Gasteiger partial charge >= 0.3 is 22.5 Å². The van der Waals surface area contributed by atoms with E-state index in [1.165, 1.54) is 6.42 Å². The molecule has 1 atom stereocenters. The van der Waals surface area contributed by atoms with Gasteiger partial charge in [-0.15, -0.1) is 0 Å². The molecule has 0 aliphatic carbocycles. The molecule has 2 aliphatic rings. The summed E-state index contributed by atoms with van der Waals surface area (Å²) >= 11 is 0. The number of imidazole rings is 4. The van der Waals surface area contributed by atoms with Crippen LogP contribution in [0.2, 0.25) is 0 Å². The fourth-order valence-electron chi connectivity index (χ4n) is 15.7. The molecule has 124 heavy (non-hydrogen) atoms. The van der Waals surface area contributed by atoms with Crippen molar-refractivity contribution in [2.75, 3.05) is 104 Å². The molecular formula is C93H103N17O14. The molecule has 644 valence electrons. The summed E-state index contributed by atoms with van der Waals surface area (Å²) in [4.78, 5) is 89.2. The summed E-state index contributed by atoms with van der Waals surface area (Å²) in [6.45, 7) is 26.5. The number of likely N-dealkylation sites (N-methyl/N-ethyl adjacent to an activating group) is 1. The SMILES string of the molecule is CCNCCOc1ccc2cc(-c3cn4cc(C)nc(C)c4n3)c(=O)oc2c1.COCCNCCOc1ccc2cc(-c3cn4cc(C)nc(C)c4n3)c(=O)oc2c1.Cc1cn2cc(-c3cc4ccc(CCCNCC5CCCO5)cc4oc3=O)nc2c(C)n1.Cc1cn2cc(-c3cc4ccc(N5CCC(NC(CO)CO)CC5)cc4oc3=O)nc2c(C)n1. The van der Waals surface area contributed by atoms with Crippen LogP contribution in [0.25, 0.3) is 111 Å². The summed E-state index contributed by atoms with van der Waals surface area (Å²) in [5.74, 6) is 1.32. The Bertz CT molecular complexity index is 6770. The second-order valence-electron chi connectivity index (χ2n) is 31.3. The van der Waals surface area contributed by atoms with Crippen LogP contribution in [0, 0.1) is 55.4 Å². The predicted molar refractivity (Wildman–Crippen MR) is 477 cm³/mol. The lowest BCUT2D eigenvalue weighted by molar-refractivity contribution is 0.110. The van der Waals surface area contributed by atoms with Gasteiger partial charge in [0, 0.05) is 154 Å². The van der Waals surface area contributed by atoms with E-state index in [4.69, 9.17) is 36.6 Å². The van der Waals surface area contributed by atoms with E-state index in [0.717, 1.165) is 185 Å². The Morgan fingerprint density at radius 3 is 1.27 bits per heavy atom. The molecule has 31 nitrogen and oxygen atoms in total. The predicted octanol–water partition coefficient (Wildman–Crippen LogP) is 11.7. The number of rotatable bonds is 27. The van der Waals surface area contributed by atoms with E-state index >= 15 is 0 Å². The lowest BCUT2D eigenvalue weighted by atomic mass is 10.0. The minimum Gasteiger partial charge on any atom is -0.492 e. The van der Waals surface area contributed by atoms with E-state index in [1.807, 2.05) is 196 Å². The number of ether oxygens (including phenoxy) is 4. The van der Waals surface area contributed by atoms with Crippen LogP contribution >= 0.6 is 0 Å². The number of benzene rings is 4. The van der Waals surface area contributed by atoms with Gasteiger partial charge in [0.1, 0.15) is 47.0 Å². The number of fused-ring (bicyclic) bond motifs is 8. The molecule has 16 aromatic rings. The number of nitrogens with zero attached hydrogens (tertiary/aromatic N) is 13. The molecule has 0 spiro atoms. The van der Waals surface area contributed by atoms with Gasteiger partial charge in [-0.3, -0.25) is 19.9 Å². The van der Waals surface area contributed by atoms with Crippen molar-refractivity contribution in [3.05, 3.63) is 239 Å². The maximum Gasteiger partial charge on any atom is 0.345 e. The molecule has 12 aromatic heterocycles. The van der Waals surface area contributed by atoms with E-state index < -0.39 is 16.9 Å². The summed E-state index contributed by atoms with van der Waals surface area (Å²) in [5, 5.41) is 35.1. The van der Waals surface area contributed by atoms with E-state index in [1.54, 1.807) is 31.4 Å². The van der Waals surface area contributed by atoms with Crippen LogP contribution in [-0.2, 0) is 15.9 Å². The molecule has 0 radical (unpaired) electrons. The number of piperidine rings is 1. The monoisotopic (exact) mass is 1680 g/mol. The molecule has 4 aromatic carbocycles. The summed E-state index contributed by atoms with van der Waals surface area (Å²) in [6.07, 6.45) is 21.4. The summed E-state index contributed by atoms with van der Waals surface area (Å²) in [5.41, 5.74) is 16.4. The smallest absolute Gasteiger partial charge is 0.345 e. The zero-order valence-electron chi connectivity index (χ0n) is 71.3. The second kappa shape index (κ2) is 39.2. The second-order valence-corrected chi connectivity index (χ2v) is 31.3. The number of aryl methyl sites for hydroxylation is 9. The topological polar surface area (TPSA) is 370 Å². The Kier molecular flexibility index (Phi) is 27.3. The number of hydrogen-bond donors (Lipinski definition) is 6. The van der Waals surface area contributed by atoms with Crippen molar-refractivity contribution < 1.29 is 46.8 Å². The quantitative estimate of drug-likeness (QED) is 0.0206. The van der Waals surface area contributed by atoms with Gasteiger partial charge in [0.2, 0.25) is 0 Å². The fraction of sp³-hybridized carbons (Fsp3) is 0.355. The maximum absolute atomic E-state index is 12.9. The first-order chi connectivity index (χ1) is 60.1. The van der Waals surface area contributed by atoms with Crippen molar-refractivity contribution in [1.29, 1.82) is 0 Å². The Labute approximate surface area is 713 Å². The highest BCUT2D eigenvalue weighted by Crippen LogP contribution is 2.32. The standard InChI is InChI=1S/C25H29N5O4.C25H28N4O3.C22H24N4O4.C21H22N4O3/c1-15-11-30-12-22(28-24(30)16(2)26-15)21-9-17-3-4-20(10-23(17)34-25(21)33)29-7-5-18(6-8-29)27-19(13-31)14-32;1-16-14-29-15-22(28-24(29)17(2)27-16)21-12-19-8-7-18(11-23(19)32-25(21)30)5-3-9-26-13-20-6-4-10-31-20;1-14-12-26-13-19(25-21(26)15(2)24-14)18-10-16-4-5-17(11-20(16)30-22(18)27)29-9-7-23-6-8-28-3;1-4-22-7-8-27-16-6-5-15-9-17(21(26)28-19(15)10-16)18-12-25-11-13(2)23-14(3)20(25)24-18/h3-4,9-12,18-19,27,31-32H,5-8,13-14H2,1-2H3;7-8,11-12,14-15,20,26H,3-6,9-10,13H2,1-2H3;4-5,10-13,23H,6-9H2,1-3H3;5-6,9-12,22H,4,7-8H2,1-3H3. The summed E-state index contributed by atoms with van der Waals surface area (Å²) < 4.78 is 52.1. The molecule has 18 rings (SSSR count). The van der Waals surface area contributed by atoms with Gasteiger partial charge in [-0.25, -0.2) is 39.1 Å². The van der Waals surface area contributed by atoms with Crippen LogP contribution in [0.1, 0.15) is 90.1 Å². The third-order valence-corrected chi connectivity index (χ3v) is 21.8. The van der Waals surface area contributed by atoms with Crippen LogP contribution in [0.3, 0.4) is 0 Å². The zero-order valence-corrected chi connectivity index (χ0v) is 71.3. The number of nitrogens with one attached hydrogen (secondary N) is 4. The van der Waals surface area contributed by atoms with Crippen LogP contribution in [0.4, 0.5) is 5.69 Å². The van der Waals surface area contributed by atoms with Crippen molar-refractivity contribution in [2.24, 2.45) is 0 Å². The van der Waals surface area contributed by atoms with Gasteiger partial charge in [-0.05, 0) is 179 Å². The molecule has 6 N–H and O–H groups in total. The Hall–Kier alpha value is -12.7. The number of anilines is 1. The Balaban J connectivity index is 0.000000128. The fourth-order valence-corrected chi connectivity index (χ4v) is 15.7. The lowest BCUT2D eigenvalue weighted by Crippen LogP contribution is -2.48. The number of aliphatic hydroxyl groups is 2. The van der Waals surface area contributed by atoms with Crippen molar-refractivity contribution in [3.63, 3.8) is 0 Å². The normalized spacial score (nSPS) is 13.7. The minimum absolute atomic E-state index is 0.0759. The largest absolute Gasteiger partial charge is 0.492 e. The van der Waals surface area contributed by atoms with Gasteiger partial charge in [-0.1, -0.05) is 19.1 Å². The molecule has 31 heteroatoms. The van der Waals surface area contributed by atoms with E-state index in [0.29, 0.717) is 111 Å². The van der Waals surface area contributed by atoms with Crippen LogP contribution in [-0.4, -0.2) is 185 Å². The molecule has 2 saturated heterocycles. The van der Waals surface area contributed by atoms with Crippen LogP contribution in [0.15, 0.2) is 183 Å². The van der Waals surface area contributed by atoms with Crippen molar-refractivity contribution in [2.45, 2.75) is 119 Å². The van der Waals surface area contributed by atoms with Crippen molar-refractivity contribution >= 4 is 72.2 Å². The third kappa shape index (κ3) is 20.5. The average Bonchev–Trinajstić information content (AvgIpc) is 1.40. The van der Waals surface area contributed by atoms with Gasteiger partial charge in [0.05, 0.1) is 123 Å². The summed E-state index contributed by atoms with van der Waals surface area (Å²) in [7, 11) is 1.67. The van der Waals surface area contributed by atoms with E-state index in [2.05, 4.69) is 72.1 Å². The van der Waals surface area contributed by atoms with E-state index in [9.17, 15) is 29.4 Å². The minimum atomic E-state index is -0.438. The van der Waals surface area contributed by atoms with E-state index in [-0.39, 0.29) is 30.9 Å². The molecular weight excluding hydrogens is 1580 g/mol. The van der Waals surface area contributed by atoms with Gasteiger partial charge < -0.3 is 90.6 Å². The van der Waals surface area contributed by atoms with Crippen molar-refractivity contribution in [3.8, 4) is 56.5 Å². The van der Waals surface area contributed by atoms with Gasteiger partial charge in [0.15, 0.2) is 22.6 Å². The first kappa shape index (κ1) is 86.2. The molecule has 2 aliphatic heterocycles. The number of aromatic nitrogens is 12. The summed E-state index contributed by atoms with van der Waals surface area (Å²) in [6, 6.07) is 30.3. The molecule has 0 amide bonds.